The maximum absolute atomic E-state index is 12.6. The lowest BCUT2D eigenvalue weighted by Crippen LogP contribution is -2.21. The van der Waals surface area contributed by atoms with Crippen molar-refractivity contribution < 1.29 is 9.53 Å². The Morgan fingerprint density at radius 3 is 2.62 bits per heavy atom. The number of hydrogen-bond acceptors (Lipinski definition) is 5. The van der Waals surface area contributed by atoms with E-state index in [1.54, 1.807) is 26.3 Å². The van der Waals surface area contributed by atoms with E-state index in [-0.39, 0.29) is 22.6 Å². The number of carbonyl (C=O) groups is 1. The van der Waals surface area contributed by atoms with E-state index in [1.165, 1.54) is 16.3 Å². The molecule has 0 bridgehead atoms. The standard InChI is InChI=1S/C22H25N3O3S/c1-22(2,3)14-10-11-18(28-5)17(12-14)23-19(26)13-29-21-24-16-9-7-6-8-15(16)20(27)25(21)4/h6-12H,13H2,1-5H3,(H,23,26). The van der Waals surface area contributed by atoms with E-state index in [9.17, 15) is 9.59 Å². The van der Waals surface area contributed by atoms with E-state index in [4.69, 9.17) is 4.74 Å². The number of thioether (sulfide) groups is 1. The molecule has 0 aliphatic heterocycles. The predicted octanol–water partition coefficient (Wildman–Crippen LogP) is 3.97. The molecular weight excluding hydrogens is 386 g/mol. The molecule has 1 amide bonds. The van der Waals surface area contributed by atoms with Gasteiger partial charge in [-0.05, 0) is 35.2 Å². The van der Waals surface area contributed by atoms with Gasteiger partial charge in [-0.15, -0.1) is 0 Å². The number of benzene rings is 2. The largest absolute Gasteiger partial charge is 0.495 e. The van der Waals surface area contributed by atoms with Crippen molar-refractivity contribution in [2.75, 3.05) is 18.2 Å². The van der Waals surface area contributed by atoms with Crippen molar-refractivity contribution in [1.29, 1.82) is 0 Å². The van der Waals surface area contributed by atoms with Gasteiger partial charge in [0, 0.05) is 7.05 Å². The molecule has 6 nitrogen and oxygen atoms in total. The van der Waals surface area contributed by atoms with Gasteiger partial charge >= 0.3 is 0 Å². The molecule has 7 heteroatoms. The van der Waals surface area contributed by atoms with Crippen molar-refractivity contribution in [3.8, 4) is 5.75 Å². The first-order valence-electron chi connectivity index (χ1n) is 9.27. The second kappa shape index (κ2) is 8.29. The van der Waals surface area contributed by atoms with Crippen LogP contribution in [0.1, 0.15) is 26.3 Å². The minimum Gasteiger partial charge on any atom is -0.495 e. The van der Waals surface area contributed by atoms with E-state index in [0.717, 1.165) is 5.56 Å². The number of para-hydroxylation sites is 1. The highest BCUT2D eigenvalue weighted by Crippen LogP contribution is 2.31. The van der Waals surface area contributed by atoms with E-state index in [2.05, 4.69) is 31.1 Å². The SMILES string of the molecule is COc1ccc(C(C)(C)C)cc1NC(=O)CSc1nc2ccccc2c(=O)n1C. The van der Waals surface area contributed by atoms with Crippen molar-refractivity contribution in [1.82, 2.24) is 9.55 Å². The quantitative estimate of drug-likeness (QED) is 0.508. The number of carbonyl (C=O) groups excluding carboxylic acids is 1. The Morgan fingerprint density at radius 1 is 1.21 bits per heavy atom. The Kier molecular flexibility index (Phi) is 5.98. The molecule has 29 heavy (non-hydrogen) atoms. The summed E-state index contributed by atoms with van der Waals surface area (Å²) in [6, 6.07) is 13.0. The van der Waals surface area contributed by atoms with E-state index in [0.29, 0.717) is 27.5 Å². The number of nitrogens with zero attached hydrogens (tertiary/aromatic N) is 2. The summed E-state index contributed by atoms with van der Waals surface area (Å²) in [5.41, 5.74) is 2.18. The second-order valence-electron chi connectivity index (χ2n) is 7.78. The van der Waals surface area contributed by atoms with Gasteiger partial charge in [0.05, 0.1) is 29.5 Å². The average molecular weight is 412 g/mol. The van der Waals surface area contributed by atoms with Crippen LogP contribution in [0.25, 0.3) is 10.9 Å². The zero-order valence-electron chi connectivity index (χ0n) is 17.3. The third-order valence-corrected chi connectivity index (χ3v) is 5.64. The van der Waals surface area contributed by atoms with Crippen LogP contribution in [0.2, 0.25) is 0 Å². The molecule has 3 aromatic rings. The first kappa shape index (κ1) is 20.9. The van der Waals surface area contributed by atoms with Gasteiger partial charge in [0.25, 0.3) is 5.56 Å². The summed E-state index contributed by atoms with van der Waals surface area (Å²) >= 11 is 1.23. The monoisotopic (exact) mass is 411 g/mol. The van der Waals surface area contributed by atoms with Gasteiger partial charge in [-0.25, -0.2) is 4.98 Å². The summed E-state index contributed by atoms with van der Waals surface area (Å²) in [6.07, 6.45) is 0. The maximum atomic E-state index is 12.6. The third-order valence-electron chi connectivity index (χ3n) is 4.61. The second-order valence-corrected chi connectivity index (χ2v) is 8.72. The first-order chi connectivity index (χ1) is 13.7. The lowest BCUT2D eigenvalue weighted by atomic mass is 9.87. The summed E-state index contributed by atoms with van der Waals surface area (Å²) in [6.45, 7) is 6.34. The van der Waals surface area contributed by atoms with Gasteiger partial charge in [0.1, 0.15) is 5.75 Å². The Hall–Kier alpha value is -2.80. The summed E-state index contributed by atoms with van der Waals surface area (Å²) in [5.74, 6) is 0.538. The van der Waals surface area contributed by atoms with Gasteiger partial charge in [-0.3, -0.25) is 14.2 Å². The number of methoxy groups -OCH3 is 1. The minimum atomic E-state index is -0.193. The predicted molar refractivity (Wildman–Crippen MR) is 118 cm³/mol. The molecule has 0 saturated carbocycles. The average Bonchev–Trinajstić information content (AvgIpc) is 2.69. The molecule has 2 aromatic carbocycles. The normalized spacial score (nSPS) is 11.5. The number of aromatic nitrogens is 2. The fraction of sp³-hybridized carbons (Fsp3) is 0.318. The number of fused-ring (bicyclic) bond motifs is 1. The Labute approximate surface area is 174 Å². The number of amides is 1. The maximum Gasteiger partial charge on any atom is 0.261 e. The van der Waals surface area contributed by atoms with Gasteiger partial charge in [0.15, 0.2) is 5.16 Å². The smallest absolute Gasteiger partial charge is 0.261 e. The first-order valence-corrected chi connectivity index (χ1v) is 10.3. The highest BCUT2D eigenvalue weighted by molar-refractivity contribution is 7.99. The van der Waals surface area contributed by atoms with Crippen LogP contribution in [0, 0.1) is 0 Å². The Bertz CT molecular complexity index is 1120. The van der Waals surface area contributed by atoms with E-state index >= 15 is 0 Å². The van der Waals surface area contributed by atoms with Gasteiger partial charge in [-0.2, -0.15) is 0 Å². The topological polar surface area (TPSA) is 73.2 Å². The number of nitrogens with one attached hydrogen (secondary N) is 1. The molecule has 1 heterocycles. The van der Waals surface area contributed by atoms with Crippen LogP contribution in [0.4, 0.5) is 5.69 Å². The summed E-state index contributed by atoms with van der Waals surface area (Å²) in [5, 5.41) is 3.98. The zero-order chi connectivity index (χ0) is 21.2. The third kappa shape index (κ3) is 4.62. The summed E-state index contributed by atoms with van der Waals surface area (Å²) < 4.78 is 6.85. The van der Waals surface area contributed by atoms with Gasteiger partial charge in [0.2, 0.25) is 5.91 Å². The Balaban J connectivity index is 1.78. The van der Waals surface area contributed by atoms with Crippen molar-refractivity contribution in [2.45, 2.75) is 31.3 Å². The summed E-state index contributed by atoms with van der Waals surface area (Å²) in [7, 11) is 3.24. The van der Waals surface area contributed by atoms with Gasteiger partial charge in [-0.1, -0.05) is 50.7 Å². The fourth-order valence-corrected chi connectivity index (χ4v) is 3.69. The lowest BCUT2D eigenvalue weighted by Gasteiger charge is -2.21. The van der Waals surface area contributed by atoms with Crippen LogP contribution in [0.3, 0.4) is 0 Å². The zero-order valence-corrected chi connectivity index (χ0v) is 18.1. The van der Waals surface area contributed by atoms with Crippen LogP contribution in [0.15, 0.2) is 52.4 Å². The molecule has 3 rings (SSSR count). The number of rotatable bonds is 5. The molecule has 0 fully saturated rings. The van der Waals surface area contributed by atoms with Crippen molar-refractivity contribution >= 4 is 34.3 Å². The van der Waals surface area contributed by atoms with Crippen molar-refractivity contribution in [2.24, 2.45) is 7.05 Å². The molecule has 0 atom stereocenters. The molecule has 0 unspecified atom stereocenters. The molecule has 0 radical (unpaired) electrons. The van der Waals surface area contributed by atoms with Crippen LogP contribution >= 0.6 is 11.8 Å². The van der Waals surface area contributed by atoms with Crippen molar-refractivity contribution in [3.05, 3.63) is 58.4 Å². The number of ether oxygens (including phenoxy) is 1. The summed E-state index contributed by atoms with van der Waals surface area (Å²) in [4.78, 5) is 29.6. The molecule has 0 saturated heterocycles. The number of anilines is 1. The molecule has 0 aliphatic carbocycles. The van der Waals surface area contributed by atoms with Crippen LogP contribution in [-0.4, -0.2) is 28.3 Å². The molecule has 1 N–H and O–H groups in total. The van der Waals surface area contributed by atoms with Crippen LogP contribution in [-0.2, 0) is 17.3 Å². The molecule has 1 aromatic heterocycles. The highest BCUT2D eigenvalue weighted by Gasteiger charge is 2.17. The van der Waals surface area contributed by atoms with Gasteiger partial charge < -0.3 is 10.1 Å². The molecule has 0 aliphatic rings. The van der Waals surface area contributed by atoms with Crippen LogP contribution < -0.4 is 15.6 Å². The van der Waals surface area contributed by atoms with Crippen LogP contribution in [0.5, 0.6) is 5.75 Å². The van der Waals surface area contributed by atoms with Crippen molar-refractivity contribution in [3.63, 3.8) is 0 Å². The number of hydrogen-bond donors (Lipinski definition) is 1. The highest BCUT2D eigenvalue weighted by atomic mass is 32.2. The lowest BCUT2D eigenvalue weighted by molar-refractivity contribution is -0.113. The fourth-order valence-electron chi connectivity index (χ4n) is 2.92. The molecule has 152 valence electrons. The van der Waals surface area contributed by atoms with E-state index < -0.39 is 0 Å². The molecular formula is C22H25N3O3S. The van der Waals surface area contributed by atoms with E-state index in [1.807, 2.05) is 30.3 Å². The minimum absolute atomic E-state index is 0.0478. The molecule has 0 spiro atoms. The Morgan fingerprint density at radius 2 is 1.93 bits per heavy atom.